The highest BCUT2D eigenvalue weighted by Gasteiger charge is 2.16. The zero-order valence-electron chi connectivity index (χ0n) is 15.4. The molecule has 0 N–H and O–H groups in total. The van der Waals surface area contributed by atoms with Gasteiger partial charge in [0.15, 0.2) is 11.6 Å². The lowest BCUT2D eigenvalue weighted by Gasteiger charge is -2.05. The van der Waals surface area contributed by atoms with Crippen LogP contribution in [0.5, 0.6) is 0 Å². The van der Waals surface area contributed by atoms with E-state index in [1.54, 1.807) is 6.07 Å². The van der Waals surface area contributed by atoms with Crippen LogP contribution >= 0.6 is 22.9 Å². The van der Waals surface area contributed by atoms with Crippen molar-refractivity contribution in [1.82, 2.24) is 19.7 Å². The van der Waals surface area contributed by atoms with Gasteiger partial charge in [0.2, 0.25) is 0 Å². The van der Waals surface area contributed by atoms with Crippen LogP contribution in [0, 0.1) is 11.6 Å². The van der Waals surface area contributed by atoms with Crippen molar-refractivity contribution in [3.8, 4) is 33.1 Å². The van der Waals surface area contributed by atoms with Gasteiger partial charge in [0.25, 0.3) is 0 Å². The molecule has 0 fully saturated rings. The largest absolute Gasteiger partial charge is 0.347 e. The molecular weight excluding hydrogens is 426 g/mol. The van der Waals surface area contributed by atoms with Gasteiger partial charge in [0.1, 0.15) is 10.0 Å². The van der Waals surface area contributed by atoms with Gasteiger partial charge in [-0.3, -0.25) is 0 Å². The van der Waals surface area contributed by atoms with Gasteiger partial charge in [-0.25, -0.2) is 13.8 Å². The standard InChI is InChI=1S/C22H13ClF2N4S/c23-15-6-4-13(5-7-15)22-28-27-20(30-22)12-29-9-8-18-14(11-29)10-19(26-18)16-2-1-3-17(24)21(16)25/h1-11H,12H2. The predicted molar refractivity (Wildman–Crippen MR) is 114 cm³/mol. The van der Waals surface area contributed by atoms with Crippen LogP contribution in [0.2, 0.25) is 5.02 Å². The van der Waals surface area contributed by atoms with Crippen molar-refractivity contribution < 1.29 is 8.78 Å². The van der Waals surface area contributed by atoms with Crippen molar-refractivity contribution in [2.75, 3.05) is 0 Å². The van der Waals surface area contributed by atoms with E-state index in [0.717, 1.165) is 27.2 Å². The molecule has 30 heavy (non-hydrogen) atoms. The topological polar surface area (TPSA) is 43.6 Å². The van der Waals surface area contributed by atoms with E-state index < -0.39 is 11.6 Å². The Labute approximate surface area is 179 Å². The van der Waals surface area contributed by atoms with Crippen LogP contribution in [0.1, 0.15) is 5.01 Å². The molecule has 0 spiro atoms. The van der Waals surface area contributed by atoms with Crippen LogP contribution in [-0.2, 0) is 6.54 Å². The number of aromatic nitrogens is 4. The highest BCUT2D eigenvalue weighted by atomic mass is 35.5. The molecule has 0 radical (unpaired) electrons. The Morgan fingerprint density at radius 3 is 2.60 bits per heavy atom. The van der Waals surface area contributed by atoms with Crippen LogP contribution in [-0.4, -0.2) is 19.7 Å². The Kier molecular flexibility index (Phi) is 4.77. The minimum Gasteiger partial charge on any atom is -0.347 e. The number of hydrogen-bond acceptors (Lipinski definition) is 4. The number of rotatable bonds is 4. The van der Waals surface area contributed by atoms with Crippen molar-refractivity contribution >= 4 is 22.9 Å². The quantitative estimate of drug-likeness (QED) is 0.338. The molecule has 5 rings (SSSR count). The molecular formula is C22H13ClF2N4S. The van der Waals surface area contributed by atoms with Crippen molar-refractivity contribution in [2.45, 2.75) is 6.54 Å². The van der Waals surface area contributed by atoms with Gasteiger partial charge in [-0.2, -0.15) is 0 Å². The minimum atomic E-state index is -0.892. The van der Waals surface area contributed by atoms with E-state index in [1.807, 2.05) is 47.3 Å². The van der Waals surface area contributed by atoms with Crippen molar-refractivity contribution in [3.63, 3.8) is 0 Å². The molecule has 0 saturated heterocycles. The normalized spacial score (nSPS) is 11.3. The SMILES string of the molecule is Fc1cccc(-c2cc3cn(Cc4nnc(-c5ccc(Cl)cc5)s4)ccc-3n2)c1F. The first kappa shape index (κ1) is 18.8. The summed E-state index contributed by atoms with van der Waals surface area (Å²) < 4.78 is 29.6. The second-order valence-corrected chi connectivity index (χ2v) is 8.21. The number of nitrogens with zero attached hydrogens (tertiary/aromatic N) is 4. The van der Waals surface area contributed by atoms with Gasteiger partial charge < -0.3 is 4.57 Å². The molecule has 1 aromatic heterocycles. The second-order valence-electron chi connectivity index (χ2n) is 6.71. The lowest BCUT2D eigenvalue weighted by atomic mass is 10.1. The summed E-state index contributed by atoms with van der Waals surface area (Å²) in [5, 5.41) is 10.9. The Morgan fingerprint density at radius 1 is 0.933 bits per heavy atom. The summed E-state index contributed by atoms with van der Waals surface area (Å²) >= 11 is 7.44. The number of benzene rings is 2. The fourth-order valence-electron chi connectivity index (χ4n) is 3.19. The van der Waals surface area contributed by atoms with Gasteiger partial charge in [-0.1, -0.05) is 41.1 Å². The van der Waals surface area contributed by atoms with Gasteiger partial charge in [-0.15, -0.1) is 10.2 Å². The molecule has 0 bridgehead atoms. The predicted octanol–water partition coefficient (Wildman–Crippen LogP) is 6.15. The van der Waals surface area contributed by atoms with E-state index in [1.165, 1.54) is 23.5 Å². The summed E-state index contributed by atoms with van der Waals surface area (Å²) in [7, 11) is 0. The third-order valence-corrected chi connectivity index (χ3v) is 5.87. The maximum absolute atomic E-state index is 14.1. The highest BCUT2D eigenvalue weighted by Crippen LogP contribution is 2.31. The number of hydrogen-bond donors (Lipinski definition) is 0. The molecule has 4 nitrogen and oxygen atoms in total. The van der Waals surface area contributed by atoms with E-state index in [9.17, 15) is 8.78 Å². The molecule has 0 saturated carbocycles. The average Bonchev–Trinajstić information content (AvgIpc) is 3.37. The first-order valence-electron chi connectivity index (χ1n) is 9.06. The van der Waals surface area contributed by atoms with Crippen molar-refractivity contribution in [2.24, 2.45) is 0 Å². The lowest BCUT2D eigenvalue weighted by Crippen LogP contribution is -2.00. The summed E-state index contributed by atoms with van der Waals surface area (Å²) in [5.41, 5.74) is 3.06. The smallest absolute Gasteiger partial charge is 0.168 e. The fraction of sp³-hybridized carbons (Fsp3) is 0.0455. The summed E-state index contributed by atoms with van der Waals surface area (Å²) in [6.07, 6.45) is 3.79. The monoisotopic (exact) mass is 438 g/mol. The van der Waals surface area contributed by atoms with Crippen LogP contribution in [0.15, 0.2) is 67.0 Å². The molecule has 0 unspecified atom stereocenters. The summed E-state index contributed by atoms with van der Waals surface area (Å²) in [4.78, 5) is 4.43. The summed E-state index contributed by atoms with van der Waals surface area (Å²) in [6.45, 7) is 0.538. The summed E-state index contributed by atoms with van der Waals surface area (Å²) in [6, 6.07) is 15.2. The Bertz CT molecular complexity index is 1310. The molecule has 3 heterocycles. The molecule has 148 valence electrons. The Balaban J connectivity index is 1.42. The van der Waals surface area contributed by atoms with E-state index >= 15 is 0 Å². The molecule has 0 amide bonds. The third kappa shape index (κ3) is 3.58. The zero-order valence-corrected chi connectivity index (χ0v) is 17.0. The van der Waals surface area contributed by atoms with Crippen LogP contribution in [0.4, 0.5) is 8.78 Å². The molecule has 0 atom stereocenters. The molecule has 2 aliphatic heterocycles. The number of halogens is 3. The maximum Gasteiger partial charge on any atom is 0.168 e. The van der Waals surface area contributed by atoms with Gasteiger partial charge >= 0.3 is 0 Å². The lowest BCUT2D eigenvalue weighted by molar-refractivity contribution is 0.511. The molecule has 2 aliphatic rings. The van der Waals surface area contributed by atoms with E-state index in [2.05, 4.69) is 15.2 Å². The van der Waals surface area contributed by atoms with E-state index in [4.69, 9.17) is 11.6 Å². The number of fused-ring (bicyclic) bond motifs is 1. The van der Waals surface area contributed by atoms with Crippen LogP contribution in [0.25, 0.3) is 33.1 Å². The van der Waals surface area contributed by atoms with Gasteiger partial charge in [-0.05, 0) is 36.4 Å². The molecule has 3 aromatic rings. The van der Waals surface area contributed by atoms with E-state index in [-0.39, 0.29) is 5.56 Å². The summed E-state index contributed by atoms with van der Waals surface area (Å²) in [5.74, 6) is -1.78. The number of pyridine rings is 1. The molecule has 2 aromatic carbocycles. The second kappa shape index (κ2) is 7.59. The Morgan fingerprint density at radius 2 is 1.77 bits per heavy atom. The minimum absolute atomic E-state index is 0.148. The van der Waals surface area contributed by atoms with E-state index in [0.29, 0.717) is 23.0 Å². The first-order valence-corrected chi connectivity index (χ1v) is 10.3. The molecule has 8 heteroatoms. The van der Waals surface area contributed by atoms with Crippen molar-refractivity contribution in [3.05, 3.63) is 88.7 Å². The van der Waals surface area contributed by atoms with Crippen LogP contribution in [0.3, 0.4) is 0 Å². The fourth-order valence-corrected chi connectivity index (χ4v) is 4.17. The average molecular weight is 439 g/mol. The van der Waals surface area contributed by atoms with Gasteiger partial charge in [0.05, 0.1) is 17.9 Å². The Hall–Kier alpha value is -3.16. The van der Waals surface area contributed by atoms with Crippen molar-refractivity contribution in [1.29, 1.82) is 0 Å². The highest BCUT2D eigenvalue weighted by molar-refractivity contribution is 7.14. The third-order valence-electron chi connectivity index (χ3n) is 4.66. The molecule has 0 aliphatic carbocycles. The zero-order chi connectivity index (χ0) is 20.7. The maximum atomic E-state index is 14.1. The van der Waals surface area contributed by atoms with Crippen LogP contribution < -0.4 is 0 Å². The van der Waals surface area contributed by atoms with Gasteiger partial charge in [0, 0.05) is 34.1 Å². The first-order chi connectivity index (χ1) is 14.6.